The van der Waals surface area contributed by atoms with Gasteiger partial charge in [0.1, 0.15) is 0 Å². The minimum absolute atomic E-state index is 0.0632. The molecule has 226 valence electrons. The van der Waals surface area contributed by atoms with E-state index in [-0.39, 0.29) is 16.6 Å². The lowest BCUT2D eigenvalue weighted by Gasteiger charge is -2.31. The predicted octanol–water partition coefficient (Wildman–Crippen LogP) is 7.25. The molecular weight excluding hydrogens is 597 g/mol. The molecule has 2 aliphatic heterocycles. The van der Waals surface area contributed by atoms with Crippen molar-refractivity contribution in [3.05, 3.63) is 105 Å². The number of benzene rings is 3. The monoisotopic (exact) mass is 628 g/mol. The number of halogens is 4. The van der Waals surface area contributed by atoms with Crippen molar-refractivity contribution in [2.45, 2.75) is 49.7 Å². The number of nitrogens with zero attached hydrogens (tertiary/aromatic N) is 2. The molecule has 1 saturated heterocycles. The molecule has 0 N–H and O–H groups in total. The molecule has 2 heterocycles. The van der Waals surface area contributed by atoms with Crippen LogP contribution in [-0.2, 0) is 29.2 Å². The van der Waals surface area contributed by atoms with Crippen LogP contribution >= 0.6 is 11.6 Å². The van der Waals surface area contributed by atoms with Crippen LogP contribution in [0, 0.1) is 5.92 Å². The molecule has 0 atom stereocenters. The number of carbonyl (C=O) groups excluding carboxylic acids is 1. The molecule has 1 fully saturated rings. The zero-order chi connectivity index (χ0) is 30.4. The van der Waals surface area contributed by atoms with Crippen molar-refractivity contribution < 1.29 is 26.4 Å². The summed E-state index contributed by atoms with van der Waals surface area (Å²) in [5.74, 6) is 0.175. The predicted molar refractivity (Wildman–Crippen MR) is 160 cm³/mol. The largest absolute Gasteiger partial charge is 0.416 e. The van der Waals surface area contributed by atoms with Crippen molar-refractivity contribution in [2.75, 3.05) is 26.2 Å². The minimum atomic E-state index is -4.35. The van der Waals surface area contributed by atoms with Gasteiger partial charge in [-0.2, -0.15) is 17.5 Å². The Morgan fingerprint density at radius 3 is 2.30 bits per heavy atom. The van der Waals surface area contributed by atoms with E-state index >= 15 is 0 Å². The van der Waals surface area contributed by atoms with Gasteiger partial charge in [-0.05, 0) is 96.3 Å². The number of Topliss-reactive ketones (excluding diaryl/α,β-unsaturated/α-hetero) is 1. The quantitative estimate of drug-likeness (QED) is 0.259. The second-order valence-corrected chi connectivity index (χ2v) is 14.1. The van der Waals surface area contributed by atoms with E-state index in [1.807, 2.05) is 18.2 Å². The van der Waals surface area contributed by atoms with Gasteiger partial charge in [-0.1, -0.05) is 41.4 Å². The number of alkyl halides is 3. The van der Waals surface area contributed by atoms with Gasteiger partial charge in [0, 0.05) is 49.7 Å². The Kier molecular flexibility index (Phi) is 8.28. The summed E-state index contributed by atoms with van der Waals surface area (Å²) >= 11 is 5.91. The van der Waals surface area contributed by atoms with E-state index in [0.29, 0.717) is 56.0 Å². The number of piperidine rings is 1. The molecule has 3 aromatic carbocycles. The zero-order valence-electron chi connectivity index (χ0n) is 23.5. The molecule has 0 radical (unpaired) electrons. The van der Waals surface area contributed by atoms with Crippen molar-refractivity contribution in [1.82, 2.24) is 9.21 Å². The van der Waals surface area contributed by atoms with Gasteiger partial charge in [-0.3, -0.25) is 9.69 Å². The highest BCUT2D eigenvalue weighted by molar-refractivity contribution is 7.89. The molecule has 0 unspecified atom stereocenters. The van der Waals surface area contributed by atoms with Crippen LogP contribution in [-0.4, -0.2) is 49.6 Å². The molecule has 1 aliphatic carbocycles. The van der Waals surface area contributed by atoms with Gasteiger partial charge in [0.25, 0.3) is 0 Å². The lowest BCUT2D eigenvalue weighted by atomic mass is 9.89. The Balaban J connectivity index is 1.07. The number of hydrogen-bond donors (Lipinski definition) is 0. The first-order valence-electron chi connectivity index (χ1n) is 14.5. The average molecular weight is 629 g/mol. The number of rotatable bonds is 7. The van der Waals surface area contributed by atoms with Gasteiger partial charge in [0.2, 0.25) is 10.0 Å². The summed E-state index contributed by atoms with van der Waals surface area (Å²) in [5.41, 5.74) is 5.77. The summed E-state index contributed by atoms with van der Waals surface area (Å²) in [5, 5.41) is 0.481. The fourth-order valence-electron chi connectivity index (χ4n) is 6.43. The molecule has 3 aromatic rings. The van der Waals surface area contributed by atoms with Crippen molar-refractivity contribution in [3.8, 4) is 0 Å². The topological polar surface area (TPSA) is 57.7 Å². The molecule has 3 aliphatic rings. The molecule has 0 amide bonds. The van der Waals surface area contributed by atoms with Gasteiger partial charge < -0.3 is 0 Å². The molecule has 0 spiro atoms. The second kappa shape index (κ2) is 11.8. The average Bonchev–Trinajstić information content (AvgIpc) is 3.35. The van der Waals surface area contributed by atoms with Gasteiger partial charge in [0.05, 0.1) is 10.5 Å². The summed E-state index contributed by atoms with van der Waals surface area (Å²) in [4.78, 5) is 15.8. The number of sulfonamides is 1. The Morgan fingerprint density at radius 1 is 0.930 bits per heavy atom. The third kappa shape index (κ3) is 6.45. The molecule has 5 nitrogen and oxygen atoms in total. The van der Waals surface area contributed by atoms with E-state index in [1.54, 1.807) is 24.3 Å². The standard InChI is InChI=1S/C33H32ClF3N2O3S/c34-28-7-9-29(10-8-28)43(41,42)39-15-11-22(12-16-39)17-32(40)26-4-3-24-18-25-13-14-38(21-31(25)30(24)19-26)20-23-1-5-27(6-2-23)33(35,36)37/h1-10,19,22H,11-18,20-21H2. The third-order valence-corrected chi connectivity index (χ3v) is 11.1. The van der Waals surface area contributed by atoms with Crippen LogP contribution in [0.2, 0.25) is 5.02 Å². The molecule has 0 aromatic heterocycles. The number of hydrogen-bond acceptors (Lipinski definition) is 4. The molecule has 0 saturated carbocycles. The van der Waals surface area contributed by atoms with Crippen LogP contribution < -0.4 is 0 Å². The number of carbonyl (C=O) groups is 1. The van der Waals surface area contributed by atoms with Crippen LogP contribution in [0.15, 0.2) is 77.2 Å². The summed E-state index contributed by atoms with van der Waals surface area (Å²) in [6.45, 7) is 2.85. The maximum Gasteiger partial charge on any atom is 0.416 e. The van der Waals surface area contributed by atoms with Crippen molar-refractivity contribution >= 4 is 33.0 Å². The van der Waals surface area contributed by atoms with E-state index in [4.69, 9.17) is 11.6 Å². The maximum absolute atomic E-state index is 13.4. The van der Waals surface area contributed by atoms with E-state index < -0.39 is 21.8 Å². The van der Waals surface area contributed by atoms with Gasteiger partial charge in [0.15, 0.2) is 5.78 Å². The highest BCUT2D eigenvalue weighted by Gasteiger charge is 2.32. The zero-order valence-corrected chi connectivity index (χ0v) is 25.1. The first kappa shape index (κ1) is 30.1. The van der Waals surface area contributed by atoms with E-state index in [0.717, 1.165) is 42.6 Å². The van der Waals surface area contributed by atoms with Gasteiger partial charge in [-0.25, -0.2) is 8.42 Å². The smallest absolute Gasteiger partial charge is 0.294 e. The van der Waals surface area contributed by atoms with Crippen LogP contribution in [0.25, 0.3) is 5.57 Å². The summed E-state index contributed by atoms with van der Waals surface area (Å²) in [6.07, 6.45) is -0.962. The Hall–Kier alpha value is -2.98. The SMILES string of the molecule is O=C(CC1CCN(S(=O)(=O)c2ccc(Cl)cc2)CC1)c1ccc2c(c1)C1=C(CCN(Cc3ccc(C(F)(F)F)cc3)C1)C2. The molecule has 0 bridgehead atoms. The fraction of sp³-hybridized carbons (Fsp3) is 0.364. The van der Waals surface area contributed by atoms with Gasteiger partial charge >= 0.3 is 6.18 Å². The first-order valence-corrected chi connectivity index (χ1v) is 16.3. The third-order valence-electron chi connectivity index (χ3n) is 8.89. The van der Waals surface area contributed by atoms with Crippen LogP contribution in [0.1, 0.15) is 58.3 Å². The molecule has 10 heteroatoms. The highest BCUT2D eigenvalue weighted by Crippen LogP contribution is 2.39. The van der Waals surface area contributed by atoms with E-state index in [2.05, 4.69) is 4.90 Å². The molecule has 43 heavy (non-hydrogen) atoms. The second-order valence-electron chi connectivity index (χ2n) is 11.7. The summed E-state index contributed by atoms with van der Waals surface area (Å²) in [6, 6.07) is 17.5. The van der Waals surface area contributed by atoms with Crippen LogP contribution in [0.5, 0.6) is 0 Å². The van der Waals surface area contributed by atoms with Crippen molar-refractivity contribution in [3.63, 3.8) is 0 Å². The Bertz CT molecular complexity index is 1660. The van der Waals surface area contributed by atoms with Crippen molar-refractivity contribution in [2.24, 2.45) is 5.92 Å². The fourth-order valence-corrected chi connectivity index (χ4v) is 8.02. The summed E-state index contributed by atoms with van der Waals surface area (Å²) < 4.78 is 66.4. The van der Waals surface area contributed by atoms with Gasteiger partial charge in [-0.15, -0.1) is 0 Å². The number of ketones is 1. The highest BCUT2D eigenvalue weighted by atomic mass is 35.5. The normalized spacial score (nSPS) is 18.5. The van der Waals surface area contributed by atoms with E-state index in [1.165, 1.54) is 33.1 Å². The number of fused-ring (bicyclic) bond motifs is 2. The molecule has 6 rings (SSSR count). The maximum atomic E-state index is 13.4. The first-order chi connectivity index (χ1) is 20.5. The van der Waals surface area contributed by atoms with Crippen molar-refractivity contribution in [1.29, 1.82) is 0 Å². The van der Waals surface area contributed by atoms with Crippen LogP contribution in [0.4, 0.5) is 13.2 Å². The summed E-state index contributed by atoms with van der Waals surface area (Å²) in [7, 11) is -3.60. The van der Waals surface area contributed by atoms with E-state index in [9.17, 15) is 26.4 Å². The Labute approximate surface area is 255 Å². The lowest BCUT2D eigenvalue weighted by molar-refractivity contribution is -0.137. The van der Waals surface area contributed by atoms with Crippen LogP contribution in [0.3, 0.4) is 0 Å². The minimum Gasteiger partial charge on any atom is -0.294 e. The molecular formula is C33H32ClF3N2O3S. The lowest BCUT2D eigenvalue weighted by Crippen LogP contribution is -2.38. The Morgan fingerprint density at radius 2 is 1.63 bits per heavy atom.